The highest BCUT2D eigenvalue weighted by Crippen LogP contribution is 2.25. The largest absolute Gasteiger partial charge is 0.496 e. The van der Waals surface area contributed by atoms with Crippen LogP contribution in [0.1, 0.15) is 5.56 Å². The van der Waals surface area contributed by atoms with Gasteiger partial charge in [0.15, 0.2) is 0 Å². The monoisotopic (exact) mass is 255 g/mol. The molecular formula is C9H10BrN3O. The van der Waals surface area contributed by atoms with E-state index in [0.29, 0.717) is 11.5 Å². The fraction of sp³-hybridized carbons (Fsp3) is 0.111. The lowest BCUT2D eigenvalue weighted by Crippen LogP contribution is -2.05. The number of benzene rings is 1. The fourth-order valence-corrected chi connectivity index (χ4v) is 1.42. The molecule has 4 nitrogen and oxygen atoms in total. The summed E-state index contributed by atoms with van der Waals surface area (Å²) in [4.78, 5) is 0. The molecule has 1 aromatic carbocycles. The summed E-state index contributed by atoms with van der Waals surface area (Å²) < 4.78 is 5.96. The zero-order chi connectivity index (χ0) is 10.6. The molecule has 1 aromatic rings. The molecule has 0 aromatic heterocycles. The summed E-state index contributed by atoms with van der Waals surface area (Å²) in [6, 6.07) is 5.40. The zero-order valence-electron chi connectivity index (χ0n) is 7.62. The van der Waals surface area contributed by atoms with Crippen molar-refractivity contribution in [3.8, 4) is 5.75 Å². The number of hydrazone groups is 1. The summed E-state index contributed by atoms with van der Waals surface area (Å²) in [6.07, 6.45) is 1.10. The lowest BCUT2D eigenvalue weighted by molar-refractivity contribution is 0.412. The maximum absolute atomic E-state index is 7.09. The predicted molar refractivity (Wildman–Crippen MR) is 60.2 cm³/mol. The second kappa shape index (κ2) is 4.76. The van der Waals surface area contributed by atoms with E-state index in [4.69, 9.17) is 16.0 Å². The molecule has 0 radical (unpaired) electrons. The van der Waals surface area contributed by atoms with E-state index in [9.17, 15) is 0 Å². The fourth-order valence-electron chi connectivity index (χ4n) is 1.01. The van der Waals surface area contributed by atoms with E-state index >= 15 is 0 Å². The lowest BCUT2D eigenvalue weighted by atomic mass is 10.1. The Morgan fingerprint density at radius 3 is 2.86 bits per heavy atom. The first-order chi connectivity index (χ1) is 6.72. The minimum Gasteiger partial charge on any atom is -0.496 e. The van der Waals surface area contributed by atoms with Crippen molar-refractivity contribution in [1.29, 1.82) is 5.41 Å². The Bertz CT molecular complexity index is 376. The van der Waals surface area contributed by atoms with E-state index in [-0.39, 0.29) is 0 Å². The van der Waals surface area contributed by atoms with Crippen LogP contribution in [0.2, 0.25) is 0 Å². The van der Waals surface area contributed by atoms with Gasteiger partial charge in [-0.15, -0.1) is 0 Å². The van der Waals surface area contributed by atoms with Gasteiger partial charge in [-0.2, -0.15) is 5.10 Å². The number of ether oxygens (including phenoxy) is 1. The van der Waals surface area contributed by atoms with E-state index in [2.05, 4.69) is 21.0 Å². The van der Waals surface area contributed by atoms with Crippen molar-refractivity contribution >= 4 is 27.9 Å². The summed E-state index contributed by atoms with van der Waals surface area (Å²) in [5.41, 5.74) is 1.17. The van der Waals surface area contributed by atoms with Crippen LogP contribution in [0.25, 0.3) is 0 Å². The summed E-state index contributed by atoms with van der Waals surface area (Å²) in [5, 5.41) is 10.6. The van der Waals surface area contributed by atoms with Crippen LogP contribution in [0.15, 0.2) is 27.8 Å². The van der Waals surface area contributed by atoms with Gasteiger partial charge in [0, 0.05) is 11.8 Å². The van der Waals surface area contributed by atoms with Crippen molar-refractivity contribution in [2.45, 2.75) is 0 Å². The van der Waals surface area contributed by atoms with Gasteiger partial charge in [0.25, 0.3) is 0 Å². The number of methoxy groups -OCH3 is 1. The third-order valence-electron chi connectivity index (χ3n) is 1.72. The lowest BCUT2D eigenvalue weighted by Gasteiger charge is -2.05. The first-order valence-corrected chi connectivity index (χ1v) is 4.64. The van der Waals surface area contributed by atoms with Gasteiger partial charge in [-0.25, -0.2) is 0 Å². The molecule has 0 heterocycles. The molecule has 0 saturated carbocycles. The van der Waals surface area contributed by atoms with Gasteiger partial charge in [0.2, 0.25) is 0 Å². The van der Waals surface area contributed by atoms with E-state index in [1.165, 1.54) is 0 Å². The smallest absolute Gasteiger partial charge is 0.133 e. The Morgan fingerprint density at radius 2 is 2.36 bits per heavy atom. The van der Waals surface area contributed by atoms with Crippen LogP contribution < -0.4 is 10.6 Å². The highest BCUT2D eigenvalue weighted by Gasteiger charge is 2.04. The summed E-state index contributed by atoms with van der Waals surface area (Å²) in [6.45, 7) is 0. The Hall–Kier alpha value is -1.36. The third-order valence-corrected chi connectivity index (χ3v) is 2.38. The van der Waals surface area contributed by atoms with Gasteiger partial charge >= 0.3 is 0 Å². The van der Waals surface area contributed by atoms with Crippen LogP contribution in [0.4, 0.5) is 0 Å². The average Bonchev–Trinajstić information content (AvgIpc) is 2.22. The highest BCUT2D eigenvalue weighted by atomic mass is 79.9. The average molecular weight is 256 g/mol. The molecule has 0 atom stereocenters. The maximum atomic E-state index is 7.09. The molecule has 0 spiro atoms. The Kier molecular flexibility index (Phi) is 3.64. The van der Waals surface area contributed by atoms with Crippen LogP contribution in [0.3, 0.4) is 0 Å². The van der Waals surface area contributed by atoms with Gasteiger partial charge < -0.3 is 16.0 Å². The SMILES string of the molecule is COc1cc(C(C=N)=NN)ccc1Br. The zero-order valence-corrected chi connectivity index (χ0v) is 9.21. The number of hydrogen-bond donors (Lipinski definition) is 2. The second-order valence-electron chi connectivity index (χ2n) is 2.51. The molecule has 0 amide bonds. The number of hydrogen-bond acceptors (Lipinski definition) is 4. The number of rotatable bonds is 3. The molecule has 0 aliphatic rings. The van der Waals surface area contributed by atoms with Crippen LogP contribution in [-0.4, -0.2) is 19.0 Å². The van der Waals surface area contributed by atoms with Gasteiger partial charge in [0.05, 0.1) is 11.6 Å². The van der Waals surface area contributed by atoms with Gasteiger partial charge in [-0.1, -0.05) is 6.07 Å². The summed E-state index contributed by atoms with van der Waals surface area (Å²) in [5.74, 6) is 5.81. The van der Waals surface area contributed by atoms with Crippen molar-refractivity contribution in [3.05, 3.63) is 28.2 Å². The van der Waals surface area contributed by atoms with Crippen LogP contribution in [0.5, 0.6) is 5.75 Å². The van der Waals surface area contributed by atoms with Crippen molar-refractivity contribution in [1.82, 2.24) is 0 Å². The van der Waals surface area contributed by atoms with E-state index < -0.39 is 0 Å². The first-order valence-electron chi connectivity index (χ1n) is 3.85. The second-order valence-corrected chi connectivity index (χ2v) is 3.36. The molecule has 5 heteroatoms. The molecule has 3 N–H and O–H groups in total. The van der Waals surface area contributed by atoms with Crippen molar-refractivity contribution in [2.24, 2.45) is 10.9 Å². The Balaban J connectivity index is 3.18. The number of nitrogens with zero attached hydrogens (tertiary/aromatic N) is 1. The maximum Gasteiger partial charge on any atom is 0.133 e. The topological polar surface area (TPSA) is 71.5 Å². The van der Waals surface area contributed by atoms with E-state index in [1.54, 1.807) is 13.2 Å². The molecular weight excluding hydrogens is 246 g/mol. The minimum atomic E-state index is 0.413. The molecule has 14 heavy (non-hydrogen) atoms. The minimum absolute atomic E-state index is 0.413. The molecule has 0 bridgehead atoms. The predicted octanol–water partition coefficient (Wildman–Crippen LogP) is 1.77. The number of nitrogens with two attached hydrogens (primary N) is 1. The van der Waals surface area contributed by atoms with E-state index in [0.717, 1.165) is 16.3 Å². The summed E-state index contributed by atoms with van der Waals surface area (Å²) in [7, 11) is 1.58. The Labute approximate surface area is 90.4 Å². The van der Waals surface area contributed by atoms with Crippen LogP contribution in [-0.2, 0) is 0 Å². The normalized spacial score (nSPS) is 11.1. The molecule has 0 unspecified atom stereocenters. The molecule has 0 fully saturated rings. The van der Waals surface area contributed by atoms with Gasteiger partial charge in [-0.3, -0.25) is 0 Å². The van der Waals surface area contributed by atoms with Crippen molar-refractivity contribution < 1.29 is 4.74 Å². The van der Waals surface area contributed by atoms with Crippen LogP contribution >= 0.6 is 15.9 Å². The van der Waals surface area contributed by atoms with E-state index in [1.807, 2.05) is 12.1 Å². The quantitative estimate of drug-likeness (QED) is 0.491. The number of halogens is 1. The molecule has 0 saturated heterocycles. The summed E-state index contributed by atoms with van der Waals surface area (Å²) >= 11 is 3.33. The van der Waals surface area contributed by atoms with Crippen LogP contribution in [0, 0.1) is 5.41 Å². The Morgan fingerprint density at radius 1 is 1.64 bits per heavy atom. The first kappa shape index (κ1) is 10.7. The highest BCUT2D eigenvalue weighted by molar-refractivity contribution is 9.10. The molecule has 1 rings (SSSR count). The van der Waals surface area contributed by atoms with Gasteiger partial charge in [-0.05, 0) is 28.1 Å². The van der Waals surface area contributed by atoms with Crippen molar-refractivity contribution in [3.63, 3.8) is 0 Å². The van der Waals surface area contributed by atoms with Gasteiger partial charge in [0.1, 0.15) is 11.5 Å². The molecule has 0 aliphatic heterocycles. The molecule has 74 valence electrons. The standard InChI is InChI=1S/C9H10BrN3O/c1-14-9-4-6(2-3-7(9)10)8(5-11)13-12/h2-5,11H,12H2,1H3. The third kappa shape index (κ3) is 2.11. The molecule has 0 aliphatic carbocycles. The number of nitrogens with one attached hydrogen (secondary N) is 1. The van der Waals surface area contributed by atoms with Crippen molar-refractivity contribution in [2.75, 3.05) is 7.11 Å².